The van der Waals surface area contributed by atoms with Gasteiger partial charge in [-0.05, 0) is 52.7 Å². The fraction of sp³-hybridized carbons (Fsp3) is 0.200. The molecule has 0 N–H and O–H groups in total. The van der Waals surface area contributed by atoms with Crippen molar-refractivity contribution in [1.82, 2.24) is 29.6 Å². The fourth-order valence-electron chi connectivity index (χ4n) is 3.05. The molecule has 8 nitrogen and oxygen atoms in total. The maximum absolute atomic E-state index is 12.3. The third-order valence-electron chi connectivity index (χ3n) is 4.60. The van der Waals surface area contributed by atoms with Crippen LogP contribution in [0.3, 0.4) is 0 Å². The molecule has 0 spiro atoms. The summed E-state index contributed by atoms with van der Waals surface area (Å²) in [6.07, 6.45) is 2.65. The molecule has 2 aromatic carbocycles. The van der Waals surface area contributed by atoms with E-state index in [2.05, 4.69) is 38.4 Å². The zero-order chi connectivity index (χ0) is 20.4. The van der Waals surface area contributed by atoms with Crippen LogP contribution in [0.2, 0.25) is 0 Å². The van der Waals surface area contributed by atoms with Crippen LogP contribution < -0.4 is 10.4 Å². The Morgan fingerprint density at radius 2 is 1.86 bits per heavy atom. The molecular formula is C20H19BrN6O2. The summed E-state index contributed by atoms with van der Waals surface area (Å²) in [4.78, 5) is 12.3. The molecule has 0 aliphatic heterocycles. The number of nitrogens with zero attached hydrogens (tertiary/aromatic N) is 6. The Kier molecular flexibility index (Phi) is 5.30. The van der Waals surface area contributed by atoms with Gasteiger partial charge in [-0.3, -0.25) is 0 Å². The molecule has 0 aliphatic rings. The number of aromatic nitrogens is 6. The van der Waals surface area contributed by atoms with Crippen LogP contribution in [0.25, 0.3) is 11.4 Å². The van der Waals surface area contributed by atoms with Gasteiger partial charge < -0.3 is 4.74 Å². The molecule has 0 atom stereocenters. The van der Waals surface area contributed by atoms with Crippen molar-refractivity contribution < 1.29 is 4.74 Å². The van der Waals surface area contributed by atoms with Crippen LogP contribution in [0.15, 0.2) is 64.0 Å². The topological polar surface area (TPSA) is 79.8 Å². The first-order chi connectivity index (χ1) is 14.1. The van der Waals surface area contributed by atoms with Crippen LogP contribution in [-0.4, -0.2) is 29.6 Å². The third kappa shape index (κ3) is 3.86. The van der Waals surface area contributed by atoms with Gasteiger partial charge in [-0.15, -0.1) is 5.10 Å². The van der Waals surface area contributed by atoms with E-state index in [0.717, 1.165) is 27.7 Å². The van der Waals surface area contributed by atoms with E-state index < -0.39 is 0 Å². The van der Waals surface area contributed by atoms with Gasteiger partial charge in [-0.1, -0.05) is 35.0 Å². The number of halogens is 1. The monoisotopic (exact) mass is 454 g/mol. The van der Waals surface area contributed by atoms with Gasteiger partial charge in [0.25, 0.3) is 0 Å². The average molecular weight is 455 g/mol. The van der Waals surface area contributed by atoms with E-state index in [1.165, 1.54) is 9.36 Å². The van der Waals surface area contributed by atoms with Crippen LogP contribution >= 0.6 is 15.9 Å². The van der Waals surface area contributed by atoms with Crippen LogP contribution in [0.1, 0.15) is 18.1 Å². The average Bonchev–Trinajstić information content (AvgIpc) is 3.34. The number of hydrogen-bond acceptors (Lipinski definition) is 5. The van der Waals surface area contributed by atoms with Crippen molar-refractivity contribution in [2.75, 3.05) is 0 Å². The molecule has 2 heterocycles. The summed E-state index contributed by atoms with van der Waals surface area (Å²) in [5.74, 6) is 0.497. The summed E-state index contributed by atoms with van der Waals surface area (Å²) in [6.45, 7) is 2.32. The van der Waals surface area contributed by atoms with E-state index in [-0.39, 0.29) is 12.3 Å². The van der Waals surface area contributed by atoms with Gasteiger partial charge in [0.15, 0.2) is 0 Å². The van der Waals surface area contributed by atoms with E-state index in [1.54, 1.807) is 11.7 Å². The molecule has 0 radical (unpaired) electrons. The molecule has 4 aromatic rings. The lowest BCUT2D eigenvalue weighted by Crippen LogP contribution is -2.23. The van der Waals surface area contributed by atoms with Crippen molar-refractivity contribution >= 4 is 15.9 Å². The van der Waals surface area contributed by atoms with Crippen molar-refractivity contribution in [3.8, 4) is 17.3 Å². The largest absolute Gasteiger partial charge is 0.472 e. The fourth-order valence-corrected chi connectivity index (χ4v) is 3.31. The maximum Gasteiger partial charge on any atom is 0.368 e. The molecule has 9 heteroatoms. The molecule has 4 rings (SSSR count). The summed E-state index contributed by atoms with van der Waals surface area (Å²) in [6, 6.07) is 15.4. The Bertz CT molecular complexity index is 1190. The third-order valence-corrected chi connectivity index (χ3v) is 5.13. The van der Waals surface area contributed by atoms with Crippen molar-refractivity contribution in [2.24, 2.45) is 7.05 Å². The zero-order valence-electron chi connectivity index (χ0n) is 16.0. The maximum atomic E-state index is 12.3. The van der Waals surface area contributed by atoms with Crippen molar-refractivity contribution in [3.05, 3.63) is 80.8 Å². The van der Waals surface area contributed by atoms with E-state index >= 15 is 0 Å². The second kappa shape index (κ2) is 8.04. The molecule has 148 valence electrons. The highest BCUT2D eigenvalue weighted by Crippen LogP contribution is 2.21. The van der Waals surface area contributed by atoms with Crippen molar-refractivity contribution in [3.63, 3.8) is 0 Å². The zero-order valence-corrected chi connectivity index (χ0v) is 17.6. The first-order valence-corrected chi connectivity index (χ1v) is 9.90. The van der Waals surface area contributed by atoms with Gasteiger partial charge in [-0.25, -0.2) is 9.48 Å². The summed E-state index contributed by atoms with van der Waals surface area (Å²) < 4.78 is 11.2. The van der Waals surface area contributed by atoms with Gasteiger partial charge in [0, 0.05) is 29.3 Å². The lowest BCUT2D eigenvalue weighted by Gasteiger charge is -2.13. The Labute approximate surface area is 175 Å². The van der Waals surface area contributed by atoms with Crippen LogP contribution in [0.4, 0.5) is 0 Å². The number of rotatable bonds is 6. The minimum atomic E-state index is -0.306. The number of ether oxygens (including phenoxy) is 1. The van der Waals surface area contributed by atoms with E-state index in [1.807, 2.05) is 54.7 Å². The SMILES string of the molecule is CCc1cccc(-n2nnn(C)c2=O)c1COc1ccn(-c2ccc(Br)cc2)n1. The molecule has 0 amide bonds. The summed E-state index contributed by atoms with van der Waals surface area (Å²) >= 11 is 3.43. The minimum absolute atomic E-state index is 0.264. The molecule has 0 unspecified atom stereocenters. The number of hydrogen-bond donors (Lipinski definition) is 0. The van der Waals surface area contributed by atoms with E-state index in [9.17, 15) is 4.79 Å². The lowest BCUT2D eigenvalue weighted by molar-refractivity contribution is 0.290. The summed E-state index contributed by atoms with van der Waals surface area (Å²) in [7, 11) is 1.57. The van der Waals surface area contributed by atoms with E-state index in [0.29, 0.717) is 11.6 Å². The van der Waals surface area contributed by atoms with E-state index in [4.69, 9.17) is 4.74 Å². The molecule has 0 saturated carbocycles. The molecule has 0 bridgehead atoms. The predicted molar refractivity (Wildman–Crippen MR) is 112 cm³/mol. The first-order valence-electron chi connectivity index (χ1n) is 9.11. The first kappa shape index (κ1) is 19.1. The Morgan fingerprint density at radius 3 is 2.55 bits per heavy atom. The molecule has 0 saturated heterocycles. The highest BCUT2D eigenvalue weighted by Gasteiger charge is 2.15. The van der Waals surface area contributed by atoms with Gasteiger partial charge in [0.2, 0.25) is 5.88 Å². The number of tetrazole rings is 1. The minimum Gasteiger partial charge on any atom is -0.472 e. The Balaban J connectivity index is 1.61. The quantitative estimate of drug-likeness (QED) is 0.447. The molecule has 0 aliphatic carbocycles. The Morgan fingerprint density at radius 1 is 1.07 bits per heavy atom. The molecule has 2 aromatic heterocycles. The summed E-state index contributed by atoms with van der Waals surface area (Å²) in [5.41, 5.74) is 3.25. The summed E-state index contributed by atoms with van der Waals surface area (Å²) in [5, 5.41) is 12.3. The molecular weight excluding hydrogens is 436 g/mol. The lowest BCUT2D eigenvalue weighted by atomic mass is 10.0. The highest BCUT2D eigenvalue weighted by molar-refractivity contribution is 9.10. The molecule has 29 heavy (non-hydrogen) atoms. The second-order valence-corrected chi connectivity index (χ2v) is 7.34. The van der Waals surface area contributed by atoms with Gasteiger partial charge in [-0.2, -0.15) is 9.36 Å². The van der Waals surface area contributed by atoms with Gasteiger partial charge in [0.05, 0.1) is 11.4 Å². The van der Waals surface area contributed by atoms with Crippen molar-refractivity contribution in [1.29, 1.82) is 0 Å². The smallest absolute Gasteiger partial charge is 0.368 e. The van der Waals surface area contributed by atoms with Crippen LogP contribution in [0, 0.1) is 0 Å². The van der Waals surface area contributed by atoms with Crippen molar-refractivity contribution in [2.45, 2.75) is 20.0 Å². The Hall–Kier alpha value is -3.20. The standard InChI is InChI=1S/C20H19BrN6O2/c1-3-14-5-4-6-18(27-20(28)25(2)23-24-27)17(14)13-29-19-11-12-26(22-19)16-9-7-15(21)8-10-16/h4-12H,3,13H2,1-2H3. The highest BCUT2D eigenvalue weighted by atomic mass is 79.9. The van der Waals surface area contributed by atoms with Gasteiger partial charge in [0.1, 0.15) is 6.61 Å². The normalized spacial score (nSPS) is 11.0. The molecule has 0 fully saturated rings. The van der Waals surface area contributed by atoms with Crippen LogP contribution in [0.5, 0.6) is 5.88 Å². The predicted octanol–water partition coefficient (Wildman–Crippen LogP) is 3.06. The number of benzene rings is 2. The second-order valence-electron chi connectivity index (χ2n) is 6.43. The number of aryl methyl sites for hydroxylation is 2. The van der Waals surface area contributed by atoms with Crippen LogP contribution in [-0.2, 0) is 20.1 Å². The van der Waals surface area contributed by atoms with Gasteiger partial charge >= 0.3 is 5.69 Å².